The van der Waals surface area contributed by atoms with E-state index in [0.29, 0.717) is 12.6 Å². The van der Waals surface area contributed by atoms with E-state index in [1.807, 2.05) is 12.3 Å². The molecule has 1 aromatic heterocycles. The van der Waals surface area contributed by atoms with Crippen LogP contribution in [0.3, 0.4) is 0 Å². The standard InChI is InChI=1S/C13H23N3/c1-10(13(2,3)4)16(5)12-6-7-15-11(8-12)9-14/h6-8,10H,9,14H2,1-5H3. The van der Waals surface area contributed by atoms with Crippen LogP contribution in [0.4, 0.5) is 5.69 Å². The Labute approximate surface area is 98.7 Å². The summed E-state index contributed by atoms with van der Waals surface area (Å²) in [5.74, 6) is 0. The van der Waals surface area contributed by atoms with Crippen LogP contribution in [0.5, 0.6) is 0 Å². The molecule has 1 rings (SSSR count). The van der Waals surface area contributed by atoms with Crippen molar-refractivity contribution in [1.82, 2.24) is 4.98 Å². The molecule has 0 radical (unpaired) electrons. The van der Waals surface area contributed by atoms with Gasteiger partial charge >= 0.3 is 0 Å². The quantitative estimate of drug-likeness (QED) is 0.852. The molecule has 0 aliphatic heterocycles. The van der Waals surface area contributed by atoms with E-state index in [-0.39, 0.29) is 5.41 Å². The summed E-state index contributed by atoms with van der Waals surface area (Å²) in [6.07, 6.45) is 1.82. The Kier molecular flexibility index (Phi) is 3.92. The van der Waals surface area contributed by atoms with Gasteiger partial charge in [-0.3, -0.25) is 4.98 Å². The van der Waals surface area contributed by atoms with Gasteiger partial charge < -0.3 is 10.6 Å². The summed E-state index contributed by atoms with van der Waals surface area (Å²) in [6.45, 7) is 9.48. The van der Waals surface area contributed by atoms with Crippen LogP contribution >= 0.6 is 0 Å². The molecule has 0 spiro atoms. The third kappa shape index (κ3) is 2.95. The minimum absolute atomic E-state index is 0.251. The van der Waals surface area contributed by atoms with Gasteiger partial charge in [0.15, 0.2) is 0 Å². The van der Waals surface area contributed by atoms with Gasteiger partial charge in [0.2, 0.25) is 0 Å². The van der Waals surface area contributed by atoms with Crippen molar-refractivity contribution >= 4 is 5.69 Å². The fourth-order valence-electron chi connectivity index (χ4n) is 1.60. The van der Waals surface area contributed by atoms with Gasteiger partial charge in [-0.2, -0.15) is 0 Å². The van der Waals surface area contributed by atoms with Gasteiger partial charge in [-0.15, -0.1) is 0 Å². The maximum atomic E-state index is 5.60. The summed E-state index contributed by atoms with van der Waals surface area (Å²) in [5.41, 5.74) is 7.96. The Morgan fingerprint density at radius 2 is 2.06 bits per heavy atom. The first-order chi connectivity index (χ1) is 7.36. The van der Waals surface area contributed by atoms with E-state index in [0.717, 1.165) is 5.69 Å². The zero-order valence-corrected chi connectivity index (χ0v) is 11.0. The van der Waals surface area contributed by atoms with Crippen LogP contribution in [0.25, 0.3) is 0 Å². The number of hydrogen-bond acceptors (Lipinski definition) is 3. The number of pyridine rings is 1. The average molecular weight is 221 g/mol. The van der Waals surface area contributed by atoms with Crippen LogP contribution in [0.2, 0.25) is 0 Å². The van der Waals surface area contributed by atoms with Crippen molar-refractivity contribution in [3.8, 4) is 0 Å². The smallest absolute Gasteiger partial charge is 0.0560 e. The number of aromatic nitrogens is 1. The highest BCUT2D eigenvalue weighted by Crippen LogP contribution is 2.27. The van der Waals surface area contributed by atoms with Crippen LogP contribution in [0, 0.1) is 5.41 Å². The highest BCUT2D eigenvalue weighted by Gasteiger charge is 2.24. The van der Waals surface area contributed by atoms with Crippen molar-refractivity contribution in [2.45, 2.75) is 40.3 Å². The fourth-order valence-corrected chi connectivity index (χ4v) is 1.60. The Balaban J connectivity index is 2.91. The van der Waals surface area contributed by atoms with Gasteiger partial charge in [-0.05, 0) is 24.5 Å². The fraction of sp³-hybridized carbons (Fsp3) is 0.615. The van der Waals surface area contributed by atoms with Gasteiger partial charge in [0.25, 0.3) is 0 Å². The maximum absolute atomic E-state index is 5.60. The molecule has 1 unspecified atom stereocenters. The average Bonchev–Trinajstić information content (AvgIpc) is 2.26. The molecule has 1 heterocycles. The lowest BCUT2D eigenvalue weighted by Crippen LogP contribution is -2.39. The Hall–Kier alpha value is -1.09. The molecule has 3 heteroatoms. The lowest BCUT2D eigenvalue weighted by atomic mass is 9.87. The molecule has 16 heavy (non-hydrogen) atoms. The van der Waals surface area contributed by atoms with Crippen LogP contribution < -0.4 is 10.6 Å². The molecule has 1 aromatic rings. The van der Waals surface area contributed by atoms with E-state index in [2.05, 4.69) is 50.7 Å². The van der Waals surface area contributed by atoms with E-state index < -0.39 is 0 Å². The number of anilines is 1. The van der Waals surface area contributed by atoms with Crippen molar-refractivity contribution in [2.24, 2.45) is 11.1 Å². The number of nitrogens with two attached hydrogens (primary N) is 1. The van der Waals surface area contributed by atoms with E-state index in [1.54, 1.807) is 0 Å². The van der Waals surface area contributed by atoms with Crippen molar-refractivity contribution in [3.05, 3.63) is 24.0 Å². The molecule has 90 valence electrons. The van der Waals surface area contributed by atoms with Crippen molar-refractivity contribution < 1.29 is 0 Å². The largest absolute Gasteiger partial charge is 0.371 e. The minimum Gasteiger partial charge on any atom is -0.371 e. The molecule has 0 amide bonds. The summed E-state index contributed by atoms with van der Waals surface area (Å²) in [5, 5.41) is 0. The summed E-state index contributed by atoms with van der Waals surface area (Å²) in [7, 11) is 2.12. The summed E-state index contributed by atoms with van der Waals surface area (Å²) < 4.78 is 0. The van der Waals surface area contributed by atoms with Gasteiger partial charge in [-0.25, -0.2) is 0 Å². The summed E-state index contributed by atoms with van der Waals surface area (Å²) in [6, 6.07) is 4.55. The molecule has 0 fully saturated rings. The van der Waals surface area contributed by atoms with E-state index in [4.69, 9.17) is 5.73 Å². The Morgan fingerprint density at radius 3 is 2.56 bits per heavy atom. The summed E-state index contributed by atoms with van der Waals surface area (Å²) >= 11 is 0. The molecule has 0 bridgehead atoms. The second-order valence-electron chi connectivity index (χ2n) is 5.36. The zero-order valence-electron chi connectivity index (χ0n) is 11.0. The Morgan fingerprint density at radius 1 is 1.44 bits per heavy atom. The first kappa shape index (κ1) is 13.0. The molecule has 0 aromatic carbocycles. The van der Waals surface area contributed by atoms with Crippen molar-refractivity contribution in [2.75, 3.05) is 11.9 Å². The lowest BCUT2D eigenvalue weighted by molar-refractivity contribution is 0.329. The molecule has 0 saturated carbocycles. The normalized spacial score (nSPS) is 13.6. The molecule has 3 nitrogen and oxygen atoms in total. The van der Waals surface area contributed by atoms with Gasteiger partial charge in [0, 0.05) is 31.5 Å². The van der Waals surface area contributed by atoms with Crippen LogP contribution in [0.1, 0.15) is 33.4 Å². The number of hydrogen-bond donors (Lipinski definition) is 1. The first-order valence-corrected chi connectivity index (χ1v) is 5.74. The lowest BCUT2D eigenvalue weighted by Gasteiger charge is -2.37. The maximum Gasteiger partial charge on any atom is 0.0560 e. The van der Waals surface area contributed by atoms with E-state index >= 15 is 0 Å². The predicted octanol–water partition coefficient (Wildman–Crippen LogP) is 2.41. The van der Waals surface area contributed by atoms with Crippen LogP contribution in [-0.2, 0) is 6.54 Å². The van der Waals surface area contributed by atoms with Gasteiger partial charge in [-0.1, -0.05) is 20.8 Å². The predicted molar refractivity (Wildman–Crippen MR) is 69.4 cm³/mol. The second kappa shape index (κ2) is 4.83. The summed E-state index contributed by atoms with van der Waals surface area (Å²) in [4.78, 5) is 6.49. The molecular formula is C13H23N3. The molecule has 0 aliphatic carbocycles. The minimum atomic E-state index is 0.251. The third-order valence-corrected chi connectivity index (χ3v) is 3.25. The third-order valence-electron chi connectivity index (χ3n) is 3.25. The molecule has 0 saturated heterocycles. The molecular weight excluding hydrogens is 198 g/mol. The molecule has 1 atom stereocenters. The van der Waals surface area contributed by atoms with E-state index in [9.17, 15) is 0 Å². The van der Waals surface area contributed by atoms with Crippen LogP contribution in [0.15, 0.2) is 18.3 Å². The Bertz CT molecular complexity index is 341. The van der Waals surface area contributed by atoms with E-state index in [1.165, 1.54) is 5.69 Å². The molecule has 0 aliphatic rings. The van der Waals surface area contributed by atoms with Crippen molar-refractivity contribution in [3.63, 3.8) is 0 Å². The van der Waals surface area contributed by atoms with Gasteiger partial charge in [0.1, 0.15) is 0 Å². The molecule has 2 N–H and O–H groups in total. The second-order valence-corrected chi connectivity index (χ2v) is 5.36. The van der Waals surface area contributed by atoms with Crippen LogP contribution in [-0.4, -0.2) is 18.1 Å². The van der Waals surface area contributed by atoms with Gasteiger partial charge in [0.05, 0.1) is 5.69 Å². The topological polar surface area (TPSA) is 42.2 Å². The highest BCUT2D eigenvalue weighted by molar-refractivity contribution is 5.47. The first-order valence-electron chi connectivity index (χ1n) is 5.74. The van der Waals surface area contributed by atoms with Crippen molar-refractivity contribution in [1.29, 1.82) is 0 Å². The number of nitrogens with zero attached hydrogens (tertiary/aromatic N) is 2. The number of rotatable bonds is 3. The highest BCUT2D eigenvalue weighted by atomic mass is 15.1. The SMILES string of the molecule is CC(N(C)c1ccnc(CN)c1)C(C)(C)C. The monoisotopic (exact) mass is 221 g/mol. The zero-order chi connectivity index (χ0) is 12.3.